The summed E-state index contributed by atoms with van der Waals surface area (Å²) in [5.74, 6) is -0.616. The van der Waals surface area contributed by atoms with Crippen LogP contribution in [0.25, 0.3) is 0 Å². The van der Waals surface area contributed by atoms with Crippen LogP contribution in [0.3, 0.4) is 0 Å². The van der Waals surface area contributed by atoms with E-state index >= 15 is 0 Å². The number of nitrogens with one attached hydrogen (secondary N) is 1. The van der Waals surface area contributed by atoms with Crippen molar-refractivity contribution in [2.24, 2.45) is 0 Å². The predicted molar refractivity (Wildman–Crippen MR) is 107 cm³/mol. The molecule has 0 unspecified atom stereocenters. The van der Waals surface area contributed by atoms with Crippen molar-refractivity contribution in [2.75, 3.05) is 23.3 Å². The molecule has 0 aliphatic carbocycles. The van der Waals surface area contributed by atoms with Gasteiger partial charge in [-0.25, -0.2) is 12.8 Å². The summed E-state index contributed by atoms with van der Waals surface area (Å²) < 4.78 is 45.6. The summed E-state index contributed by atoms with van der Waals surface area (Å²) in [5.41, 5.74) is 0.604. The molecule has 0 fully saturated rings. The minimum absolute atomic E-state index is 0.0851. The van der Waals surface area contributed by atoms with E-state index in [4.69, 9.17) is 4.74 Å². The number of sulfonamides is 1. The summed E-state index contributed by atoms with van der Waals surface area (Å²) in [5, 5.41) is 4.28. The van der Waals surface area contributed by atoms with Crippen molar-refractivity contribution in [3.05, 3.63) is 71.9 Å². The Hall–Kier alpha value is -2.91. The van der Waals surface area contributed by atoms with Crippen LogP contribution in [0.1, 0.15) is 0 Å². The molecule has 0 bridgehead atoms. The third-order valence-corrected chi connectivity index (χ3v) is 6.97. The van der Waals surface area contributed by atoms with Gasteiger partial charge < -0.3 is 10.1 Å². The molecule has 0 spiro atoms. The molecule has 146 valence electrons. The number of ether oxygens (including phenoxy) is 1. The molecule has 28 heavy (non-hydrogen) atoms. The number of amides is 1. The van der Waals surface area contributed by atoms with Crippen LogP contribution in [-0.2, 0) is 14.8 Å². The smallest absolute Gasteiger partial charge is 0.274 e. The molecular weight excluding hydrogens is 403 g/mol. The lowest BCUT2D eigenvalue weighted by atomic mass is 10.3. The summed E-state index contributed by atoms with van der Waals surface area (Å²) >= 11 is 1.04. The molecule has 9 heteroatoms. The Morgan fingerprint density at radius 2 is 1.82 bits per heavy atom. The van der Waals surface area contributed by atoms with Crippen molar-refractivity contribution in [3.63, 3.8) is 0 Å². The summed E-state index contributed by atoms with van der Waals surface area (Å²) in [6, 6.07) is 14.8. The maximum Gasteiger partial charge on any atom is 0.274 e. The van der Waals surface area contributed by atoms with Crippen LogP contribution >= 0.6 is 11.3 Å². The molecule has 2 aromatic carbocycles. The van der Waals surface area contributed by atoms with Crippen LogP contribution < -0.4 is 14.4 Å². The van der Waals surface area contributed by atoms with Gasteiger partial charge in [0.15, 0.2) is 0 Å². The van der Waals surface area contributed by atoms with Crippen LogP contribution in [0.15, 0.2) is 70.3 Å². The van der Waals surface area contributed by atoms with Gasteiger partial charge >= 0.3 is 0 Å². The average molecular weight is 420 g/mol. The van der Waals surface area contributed by atoms with E-state index in [9.17, 15) is 17.6 Å². The fourth-order valence-electron chi connectivity index (χ4n) is 2.51. The number of benzene rings is 2. The zero-order chi connectivity index (χ0) is 20.1. The second-order valence-electron chi connectivity index (χ2n) is 5.67. The van der Waals surface area contributed by atoms with E-state index < -0.39 is 28.3 Å². The number of halogens is 1. The number of nitrogens with zero attached hydrogens (tertiary/aromatic N) is 1. The van der Waals surface area contributed by atoms with Gasteiger partial charge in [0.1, 0.15) is 22.3 Å². The Balaban J connectivity index is 1.91. The first-order valence-corrected chi connectivity index (χ1v) is 10.5. The molecule has 0 atom stereocenters. The number of carbonyl (C=O) groups excluding carboxylic acids is 1. The number of para-hydroxylation sites is 2. The molecule has 0 radical (unpaired) electrons. The maximum atomic E-state index is 13.3. The molecule has 1 N–H and O–H groups in total. The molecule has 0 saturated carbocycles. The number of thiophene rings is 1. The van der Waals surface area contributed by atoms with E-state index in [1.165, 1.54) is 25.3 Å². The Labute approximate surface area is 166 Å². The molecule has 1 heterocycles. The quantitative estimate of drug-likeness (QED) is 0.632. The van der Waals surface area contributed by atoms with Gasteiger partial charge in [-0.05, 0) is 47.8 Å². The first-order chi connectivity index (χ1) is 13.4. The Morgan fingerprint density at radius 1 is 1.11 bits per heavy atom. The maximum absolute atomic E-state index is 13.3. The summed E-state index contributed by atoms with van der Waals surface area (Å²) in [6.07, 6.45) is 0. The van der Waals surface area contributed by atoms with E-state index in [2.05, 4.69) is 5.32 Å². The van der Waals surface area contributed by atoms with Gasteiger partial charge in [-0.2, -0.15) is 0 Å². The predicted octanol–water partition coefficient (Wildman–Crippen LogP) is 3.73. The third kappa shape index (κ3) is 4.32. The van der Waals surface area contributed by atoms with E-state index in [0.717, 1.165) is 27.8 Å². The number of methoxy groups -OCH3 is 1. The van der Waals surface area contributed by atoms with Gasteiger partial charge in [-0.1, -0.05) is 18.2 Å². The highest BCUT2D eigenvalue weighted by molar-refractivity contribution is 7.94. The van der Waals surface area contributed by atoms with Crippen molar-refractivity contribution in [2.45, 2.75) is 4.21 Å². The number of anilines is 2. The first-order valence-electron chi connectivity index (χ1n) is 8.16. The largest absolute Gasteiger partial charge is 0.495 e. The second-order valence-corrected chi connectivity index (χ2v) is 8.71. The lowest BCUT2D eigenvalue weighted by molar-refractivity contribution is -0.114. The van der Waals surface area contributed by atoms with Gasteiger partial charge in [-0.15, -0.1) is 11.3 Å². The van der Waals surface area contributed by atoms with Crippen molar-refractivity contribution < 1.29 is 22.3 Å². The Morgan fingerprint density at radius 3 is 2.46 bits per heavy atom. The van der Waals surface area contributed by atoms with E-state index in [1.54, 1.807) is 35.7 Å². The van der Waals surface area contributed by atoms with Crippen LogP contribution in [0.2, 0.25) is 0 Å². The fourth-order valence-corrected chi connectivity index (χ4v) is 5.03. The lowest BCUT2D eigenvalue weighted by Crippen LogP contribution is -2.37. The van der Waals surface area contributed by atoms with Crippen LogP contribution in [0.4, 0.5) is 15.8 Å². The minimum Gasteiger partial charge on any atom is -0.495 e. The van der Waals surface area contributed by atoms with E-state index in [0.29, 0.717) is 11.4 Å². The highest BCUT2D eigenvalue weighted by atomic mass is 32.2. The average Bonchev–Trinajstić information content (AvgIpc) is 3.23. The minimum atomic E-state index is -3.99. The van der Waals surface area contributed by atoms with Crippen LogP contribution in [0.5, 0.6) is 5.75 Å². The summed E-state index contributed by atoms with van der Waals surface area (Å²) in [6.45, 7) is -0.482. The molecule has 6 nitrogen and oxygen atoms in total. The molecule has 0 aliphatic rings. The summed E-state index contributed by atoms with van der Waals surface area (Å²) in [7, 11) is -2.52. The van der Waals surface area contributed by atoms with Crippen molar-refractivity contribution in [1.82, 2.24) is 0 Å². The third-order valence-electron chi connectivity index (χ3n) is 3.82. The molecular formula is C19H17FN2O4S2. The van der Waals surface area contributed by atoms with Gasteiger partial charge in [0.25, 0.3) is 10.0 Å². The van der Waals surface area contributed by atoms with Crippen LogP contribution in [0, 0.1) is 5.82 Å². The molecule has 1 amide bonds. The van der Waals surface area contributed by atoms with Gasteiger partial charge in [0, 0.05) is 0 Å². The number of rotatable bonds is 7. The molecule has 1 aromatic heterocycles. The van der Waals surface area contributed by atoms with Crippen molar-refractivity contribution in [1.29, 1.82) is 0 Å². The fraction of sp³-hybridized carbons (Fsp3) is 0.105. The number of hydrogen-bond donors (Lipinski definition) is 1. The van der Waals surface area contributed by atoms with Crippen LogP contribution in [-0.4, -0.2) is 28.0 Å². The van der Waals surface area contributed by atoms with Crippen molar-refractivity contribution >= 4 is 38.6 Å². The number of hydrogen-bond acceptors (Lipinski definition) is 5. The second kappa shape index (κ2) is 8.41. The van der Waals surface area contributed by atoms with Gasteiger partial charge in [0.2, 0.25) is 5.91 Å². The zero-order valence-electron chi connectivity index (χ0n) is 14.8. The number of carbonyl (C=O) groups is 1. The van der Waals surface area contributed by atoms with Gasteiger partial charge in [-0.3, -0.25) is 9.10 Å². The Kier molecular flexibility index (Phi) is 5.96. The highest BCUT2D eigenvalue weighted by Gasteiger charge is 2.28. The van der Waals surface area contributed by atoms with E-state index in [1.807, 2.05) is 0 Å². The lowest BCUT2D eigenvalue weighted by Gasteiger charge is -2.23. The molecule has 0 aliphatic heterocycles. The van der Waals surface area contributed by atoms with Crippen molar-refractivity contribution in [3.8, 4) is 5.75 Å². The first kappa shape index (κ1) is 19.8. The molecule has 3 rings (SSSR count). The molecule has 3 aromatic rings. The Bertz CT molecular complexity index is 1050. The SMILES string of the molecule is COc1ccccc1NC(=O)CN(c1ccc(F)cc1)S(=O)(=O)c1cccs1. The van der Waals surface area contributed by atoms with E-state index in [-0.39, 0.29) is 9.90 Å². The zero-order valence-corrected chi connectivity index (χ0v) is 16.5. The normalized spacial score (nSPS) is 11.1. The standard InChI is InChI=1S/C19H17FN2O4S2/c1-26-17-6-3-2-5-16(17)21-18(23)13-22(15-10-8-14(20)9-11-15)28(24,25)19-7-4-12-27-19/h2-12H,13H2,1H3,(H,21,23). The molecule has 0 saturated heterocycles. The van der Waals surface area contributed by atoms with Gasteiger partial charge in [0.05, 0.1) is 18.5 Å². The highest BCUT2D eigenvalue weighted by Crippen LogP contribution is 2.27. The monoisotopic (exact) mass is 420 g/mol. The topological polar surface area (TPSA) is 75.7 Å². The summed E-state index contributed by atoms with van der Waals surface area (Å²) in [4.78, 5) is 12.6.